The third-order valence-corrected chi connectivity index (χ3v) is 4.13. The van der Waals surface area contributed by atoms with Crippen molar-refractivity contribution in [3.8, 4) is 0 Å². The Morgan fingerprint density at radius 2 is 1.62 bits per heavy atom. The van der Waals surface area contributed by atoms with Crippen LogP contribution in [0, 0.1) is 10.1 Å². The van der Waals surface area contributed by atoms with E-state index < -0.39 is 15.0 Å². The predicted molar refractivity (Wildman–Crippen MR) is 76.4 cm³/mol. The van der Waals surface area contributed by atoms with Gasteiger partial charge >= 0.3 is 0 Å². The standard InChI is InChI=1S/C14H13NO5S/c16-15(17)13-8-6-12(7-9-13)10-11-20-21(18,19)14-4-2-1-3-5-14/h1-9H,10-11H2. The van der Waals surface area contributed by atoms with E-state index in [9.17, 15) is 18.5 Å². The molecule has 0 N–H and O–H groups in total. The van der Waals surface area contributed by atoms with Crippen LogP contribution >= 0.6 is 0 Å². The van der Waals surface area contributed by atoms with Crippen molar-refractivity contribution < 1.29 is 17.5 Å². The molecule has 0 bridgehead atoms. The maximum Gasteiger partial charge on any atom is 0.296 e. The van der Waals surface area contributed by atoms with Gasteiger partial charge in [-0.15, -0.1) is 0 Å². The number of non-ortho nitro benzene ring substituents is 1. The van der Waals surface area contributed by atoms with Crippen LogP contribution in [0.3, 0.4) is 0 Å². The second-order valence-electron chi connectivity index (χ2n) is 4.26. The molecule has 0 radical (unpaired) electrons. The third-order valence-electron chi connectivity index (χ3n) is 2.81. The summed E-state index contributed by atoms with van der Waals surface area (Å²) in [7, 11) is -3.76. The van der Waals surface area contributed by atoms with E-state index in [1.54, 1.807) is 30.3 Å². The summed E-state index contributed by atoms with van der Waals surface area (Å²) in [4.78, 5) is 10.1. The molecule has 0 amide bonds. The molecule has 0 atom stereocenters. The number of hydrogen-bond donors (Lipinski definition) is 0. The van der Waals surface area contributed by atoms with Crippen LogP contribution in [0.15, 0.2) is 59.5 Å². The maximum absolute atomic E-state index is 11.9. The maximum atomic E-state index is 11.9. The lowest BCUT2D eigenvalue weighted by atomic mass is 10.1. The first-order valence-electron chi connectivity index (χ1n) is 6.17. The smallest absolute Gasteiger partial charge is 0.266 e. The van der Waals surface area contributed by atoms with Gasteiger partial charge < -0.3 is 0 Å². The minimum atomic E-state index is -3.76. The molecule has 2 aromatic carbocycles. The van der Waals surface area contributed by atoms with Gasteiger partial charge in [-0.2, -0.15) is 8.42 Å². The zero-order chi connectivity index (χ0) is 15.3. The lowest BCUT2D eigenvalue weighted by Gasteiger charge is -2.05. The van der Waals surface area contributed by atoms with E-state index in [2.05, 4.69) is 0 Å². The van der Waals surface area contributed by atoms with Crippen LogP contribution in [0.2, 0.25) is 0 Å². The quantitative estimate of drug-likeness (QED) is 0.465. The summed E-state index contributed by atoms with van der Waals surface area (Å²) in [5.74, 6) is 0. The van der Waals surface area contributed by atoms with Crippen molar-refractivity contribution in [3.63, 3.8) is 0 Å². The van der Waals surface area contributed by atoms with E-state index in [0.29, 0.717) is 6.42 Å². The van der Waals surface area contributed by atoms with Crippen molar-refractivity contribution >= 4 is 15.8 Å². The van der Waals surface area contributed by atoms with Crippen molar-refractivity contribution in [2.75, 3.05) is 6.61 Å². The number of hydrogen-bond acceptors (Lipinski definition) is 5. The second-order valence-corrected chi connectivity index (χ2v) is 5.88. The highest BCUT2D eigenvalue weighted by Crippen LogP contribution is 2.14. The summed E-state index contributed by atoms with van der Waals surface area (Å²) in [5, 5.41) is 10.5. The van der Waals surface area contributed by atoms with E-state index >= 15 is 0 Å². The fraction of sp³-hybridized carbons (Fsp3) is 0.143. The summed E-state index contributed by atoms with van der Waals surface area (Å²) < 4.78 is 28.6. The molecule has 0 heterocycles. The van der Waals surface area contributed by atoms with Crippen molar-refractivity contribution in [2.24, 2.45) is 0 Å². The monoisotopic (exact) mass is 307 g/mol. The number of nitro groups is 1. The molecule has 7 heteroatoms. The Labute approximate surface area is 122 Å². The largest absolute Gasteiger partial charge is 0.296 e. The van der Waals surface area contributed by atoms with Gasteiger partial charge in [0.1, 0.15) is 0 Å². The minimum Gasteiger partial charge on any atom is -0.266 e. The minimum absolute atomic E-state index is 0.00317. The van der Waals surface area contributed by atoms with Crippen LogP contribution in [0.25, 0.3) is 0 Å². The van der Waals surface area contributed by atoms with E-state index in [1.165, 1.54) is 24.3 Å². The van der Waals surface area contributed by atoms with E-state index in [-0.39, 0.29) is 17.2 Å². The van der Waals surface area contributed by atoms with E-state index in [1.807, 2.05) is 0 Å². The summed E-state index contributed by atoms with van der Waals surface area (Å²) in [6, 6.07) is 13.8. The molecule has 0 aliphatic carbocycles. The SMILES string of the molecule is O=[N+]([O-])c1ccc(CCOS(=O)(=O)c2ccccc2)cc1. The highest BCUT2D eigenvalue weighted by molar-refractivity contribution is 7.86. The van der Waals surface area contributed by atoms with Crippen LogP contribution < -0.4 is 0 Å². The van der Waals surface area contributed by atoms with Gasteiger partial charge in [-0.25, -0.2) is 0 Å². The van der Waals surface area contributed by atoms with Crippen LogP contribution in [0.4, 0.5) is 5.69 Å². The first-order chi connectivity index (χ1) is 9.99. The summed E-state index contributed by atoms with van der Waals surface area (Å²) in [6.45, 7) is -0.0188. The molecule has 0 aromatic heterocycles. The Bertz CT molecular complexity index is 711. The Kier molecular flexibility index (Phi) is 4.66. The summed E-state index contributed by atoms with van der Waals surface area (Å²) in [5.41, 5.74) is 0.764. The Morgan fingerprint density at radius 3 is 2.19 bits per heavy atom. The number of benzene rings is 2. The van der Waals surface area contributed by atoms with Crippen molar-refractivity contribution in [2.45, 2.75) is 11.3 Å². The molecule has 0 spiro atoms. The van der Waals surface area contributed by atoms with Crippen molar-refractivity contribution in [1.82, 2.24) is 0 Å². The van der Waals surface area contributed by atoms with Gasteiger partial charge in [0.15, 0.2) is 0 Å². The molecule has 6 nitrogen and oxygen atoms in total. The molecule has 21 heavy (non-hydrogen) atoms. The molecule has 0 saturated carbocycles. The van der Waals surface area contributed by atoms with Crippen LogP contribution in [0.1, 0.15) is 5.56 Å². The molecule has 0 fully saturated rings. The average Bonchev–Trinajstić information content (AvgIpc) is 2.48. The van der Waals surface area contributed by atoms with Gasteiger partial charge in [-0.1, -0.05) is 30.3 Å². The highest BCUT2D eigenvalue weighted by Gasteiger charge is 2.14. The van der Waals surface area contributed by atoms with E-state index in [0.717, 1.165) is 5.56 Å². The molecule has 0 aliphatic heterocycles. The Morgan fingerprint density at radius 1 is 1.00 bits per heavy atom. The molecule has 0 unspecified atom stereocenters. The lowest BCUT2D eigenvalue weighted by Crippen LogP contribution is -2.09. The first kappa shape index (κ1) is 15.1. The van der Waals surface area contributed by atoms with E-state index in [4.69, 9.17) is 4.18 Å². The first-order valence-corrected chi connectivity index (χ1v) is 7.58. The lowest BCUT2D eigenvalue weighted by molar-refractivity contribution is -0.384. The van der Waals surface area contributed by atoms with Gasteiger partial charge in [-0.3, -0.25) is 14.3 Å². The second kappa shape index (κ2) is 6.47. The molecule has 2 rings (SSSR count). The molecule has 2 aromatic rings. The molecule has 110 valence electrons. The topological polar surface area (TPSA) is 86.5 Å². The zero-order valence-electron chi connectivity index (χ0n) is 11.0. The summed E-state index contributed by atoms with van der Waals surface area (Å²) >= 11 is 0. The Balaban J connectivity index is 1.94. The Hall–Kier alpha value is -2.25. The fourth-order valence-corrected chi connectivity index (χ4v) is 2.64. The highest BCUT2D eigenvalue weighted by atomic mass is 32.2. The van der Waals surface area contributed by atoms with Gasteiger partial charge in [0.05, 0.1) is 16.4 Å². The van der Waals surface area contributed by atoms with Crippen LogP contribution in [-0.4, -0.2) is 19.9 Å². The van der Waals surface area contributed by atoms with Crippen LogP contribution in [-0.2, 0) is 20.7 Å². The number of nitrogens with zero attached hydrogens (tertiary/aromatic N) is 1. The number of rotatable bonds is 6. The zero-order valence-corrected chi connectivity index (χ0v) is 11.8. The van der Waals surface area contributed by atoms with Gasteiger partial charge in [0.2, 0.25) is 0 Å². The third kappa shape index (κ3) is 4.11. The summed E-state index contributed by atoms with van der Waals surface area (Å²) in [6.07, 6.45) is 0.351. The molecular formula is C14H13NO5S. The van der Waals surface area contributed by atoms with Gasteiger partial charge in [0.25, 0.3) is 15.8 Å². The average molecular weight is 307 g/mol. The van der Waals surface area contributed by atoms with Crippen LogP contribution in [0.5, 0.6) is 0 Å². The van der Waals surface area contributed by atoms with Gasteiger partial charge in [0, 0.05) is 12.1 Å². The molecular weight excluding hydrogens is 294 g/mol. The normalized spacial score (nSPS) is 11.2. The molecule has 0 saturated heterocycles. The predicted octanol–water partition coefficient (Wildman–Crippen LogP) is 2.54. The fourth-order valence-electron chi connectivity index (χ4n) is 1.71. The van der Waals surface area contributed by atoms with Crippen molar-refractivity contribution in [3.05, 3.63) is 70.3 Å². The van der Waals surface area contributed by atoms with Gasteiger partial charge in [-0.05, 0) is 24.1 Å². The number of nitro benzene ring substituents is 1. The van der Waals surface area contributed by atoms with Crippen molar-refractivity contribution in [1.29, 1.82) is 0 Å². The molecule has 0 aliphatic rings.